The summed E-state index contributed by atoms with van der Waals surface area (Å²) in [7, 11) is 0. The number of hydrogen-bond acceptors (Lipinski definition) is 6. The number of aliphatic hydroxyl groups excluding tert-OH is 1. The van der Waals surface area contributed by atoms with E-state index in [4.69, 9.17) is 4.74 Å². The van der Waals surface area contributed by atoms with Crippen molar-refractivity contribution in [3.05, 3.63) is 16.1 Å². The minimum atomic E-state index is -0.191. The number of morpholine rings is 1. The Kier molecular flexibility index (Phi) is 5.62. The zero-order valence-corrected chi connectivity index (χ0v) is 12.5. The van der Waals surface area contributed by atoms with Crippen LogP contribution in [-0.2, 0) is 15.3 Å². The Balaban J connectivity index is 1.77. The first kappa shape index (κ1) is 14.8. The van der Waals surface area contributed by atoms with Gasteiger partial charge in [-0.15, -0.1) is 23.1 Å². The summed E-state index contributed by atoms with van der Waals surface area (Å²) in [5.74, 6) is 1.25. The van der Waals surface area contributed by atoms with Crippen molar-refractivity contribution in [1.82, 2.24) is 9.88 Å². The predicted molar refractivity (Wildman–Crippen MR) is 76.4 cm³/mol. The Morgan fingerprint density at radius 2 is 2.58 bits per heavy atom. The third-order valence-electron chi connectivity index (χ3n) is 2.90. The van der Waals surface area contributed by atoms with Gasteiger partial charge in [0.1, 0.15) is 0 Å². The molecule has 2 rings (SSSR count). The van der Waals surface area contributed by atoms with Gasteiger partial charge in [0.05, 0.1) is 42.3 Å². The zero-order chi connectivity index (χ0) is 13.7. The largest absolute Gasteiger partial charge is 0.394 e. The van der Waals surface area contributed by atoms with Gasteiger partial charge in [0.25, 0.3) is 0 Å². The number of aromatic nitrogens is 1. The van der Waals surface area contributed by atoms with Crippen molar-refractivity contribution in [2.75, 3.05) is 32.1 Å². The second kappa shape index (κ2) is 7.23. The van der Waals surface area contributed by atoms with E-state index < -0.39 is 0 Å². The monoisotopic (exact) mass is 302 g/mol. The van der Waals surface area contributed by atoms with Gasteiger partial charge in [-0.3, -0.25) is 4.79 Å². The molecule has 1 atom stereocenters. The van der Waals surface area contributed by atoms with Gasteiger partial charge in [0, 0.05) is 17.7 Å². The molecule has 1 aromatic rings. The van der Waals surface area contributed by atoms with Crippen LogP contribution in [0.1, 0.15) is 10.7 Å². The van der Waals surface area contributed by atoms with Crippen LogP contribution in [0.25, 0.3) is 0 Å². The number of carbonyl (C=O) groups excluding carboxylic acids is 1. The van der Waals surface area contributed by atoms with Crippen LogP contribution in [0.4, 0.5) is 0 Å². The van der Waals surface area contributed by atoms with Gasteiger partial charge in [0.2, 0.25) is 5.91 Å². The number of nitrogens with zero attached hydrogens (tertiary/aromatic N) is 2. The number of ether oxygens (including phenoxy) is 1. The number of amides is 1. The number of thioether (sulfide) groups is 1. The first-order valence-corrected chi connectivity index (χ1v) is 8.21. The van der Waals surface area contributed by atoms with E-state index in [0.29, 0.717) is 25.5 Å². The molecule has 0 aromatic carbocycles. The van der Waals surface area contributed by atoms with Crippen molar-refractivity contribution in [2.24, 2.45) is 0 Å². The van der Waals surface area contributed by atoms with Crippen molar-refractivity contribution >= 4 is 29.0 Å². The molecule has 1 saturated heterocycles. The summed E-state index contributed by atoms with van der Waals surface area (Å²) < 4.78 is 5.26. The Morgan fingerprint density at radius 1 is 1.74 bits per heavy atom. The van der Waals surface area contributed by atoms with Gasteiger partial charge in [-0.1, -0.05) is 0 Å². The van der Waals surface area contributed by atoms with E-state index in [2.05, 4.69) is 4.98 Å². The van der Waals surface area contributed by atoms with Gasteiger partial charge < -0.3 is 14.7 Å². The molecule has 0 aliphatic carbocycles. The van der Waals surface area contributed by atoms with Gasteiger partial charge in [-0.05, 0) is 6.92 Å². The summed E-state index contributed by atoms with van der Waals surface area (Å²) in [6.45, 7) is 3.49. The maximum Gasteiger partial charge on any atom is 0.233 e. The highest BCUT2D eigenvalue weighted by Gasteiger charge is 2.26. The van der Waals surface area contributed by atoms with Gasteiger partial charge in [-0.25, -0.2) is 4.98 Å². The lowest BCUT2D eigenvalue weighted by molar-refractivity contribution is -0.138. The lowest BCUT2D eigenvalue weighted by Gasteiger charge is -2.34. The molecule has 1 aliphatic heterocycles. The highest BCUT2D eigenvalue weighted by atomic mass is 32.2. The van der Waals surface area contributed by atoms with Crippen LogP contribution in [-0.4, -0.2) is 59.1 Å². The van der Waals surface area contributed by atoms with Crippen molar-refractivity contribution in [2.45, 2.75) is 18.7 Å². The van der Waals surface area contributed by atoms with Crippen molar-refractivity contribution in [3.63, 3.8) is 0 Å². The van der Waals surface area contributed by atoms with E-state index in [-0.39, 0.29) is 18.6 Å². The van der Waals surface area contributed by atoms with Gasteiger partial charge in [-0.2, -0.15) is 0 Å². The predicted octanol–water partition coefficient (Wildman–Crippen LogP) is 0.904. The molecule has 0 spiro atoms. The molecule has 1 aromatic heterocycles. The molecule has 0 radical (unpaired) electrons. The fourth-order valence-electron chi connectivity index (χ4n) is 1.93. The smallest absolute Gasteiger partial charge is 0.233 e. The summed E-state index contributed by atoms with van der Waals surface area (Å²) in [6.07, 6.45) is 0. The summed E-state index contributed by atoms with van der Waals surface area (Å²) in [5.41, 5.74) is 1.03. The van der Waals surface area contributed by atoms with Crippen molar-refractivity contribution < 1.29 is 14.6 Å². The lowest BCUT2D eigenvalue weighted by atomic mass is 10.2. The number of thiazole rings is 1. The molecule has 1 unspecified atom stereocenters. The third kappa shape index (κ3) is 4.17. The first-order chi connectivity index (χ1) is 9.20. The average molecular weight is 302 g/mol. The molecular formula is C12H18N2O3S2. The Bertz CT molecular complexity index is 425. The summed E-state index contributed by atoms with van der Waals surface area (Å²) in [5, 5.41) is 12.3. The van der Waals surface area contributed by atoms with E-state index in [1.165, 1.54) is 0 Å². The van der Waals surface area contributed by atoms with Gasteiger partial charge in [0.15, 0.2) is 0 Å². The standard InChI is InChI=1S/C12H18N2O3S2/c1-9-13-10(7-19-9)6-18-8-12(16)14-2-3-17-5-11(14)4-15/h7,11,15H,2-6,8H2,1H3. The quantitative estimate of drug-likeness (QED) is 0.876. The van der Waals surface area contributed by atoms with Crippen LogP contribution in [0.5, 0.6) is 0 Å². The second-order valence-electron chi connectivity index (χ2n) is 4.35. The first-order valence-electron chi connectivity index (χ1n) is 6.17. The summed E-state index contributed by atoms with van der Waals surface area (Å²) in [4.78, 5) is 18.2. The van der Waals surface area contributed by atoms with E-state index in [9.17, 15) is 9.90 Å². The fourth-order valence-corrected chi connectivity index (χ4v) is 3.45. The molecule has 7 heteroatoms. The van der Waals surface area contributed by atoms with Crippen LogP contribution in [0.2, 0.25) is 0 Å². The second-order valence-corrected chi connectivity index (χ2v) is 6.40. The Hall–Kier alpha value is -0.630. The Morgan fingerprint density at radius 3 is 3.26 bits per heavy atom. The molecule has 0 bridgehead atoms. The van der Waals surface area contributed by atoms with Crippen molar-refractivity contribution in [3.8, 4) is 0 Å². The fraction of sp³-hybridized carbons (Fsp3) is 0.667. The maximum absolute atomic E-state index is 12.1. The molecule has 0 saturated carbocycles. The number of aliphatic hydroxyl groups is 1. The number of carbonyl (C=O) groups is 1. The molecule has 1 amide bonds. The minimum Gasteiger partial charge on any atom is -0.394 e. The zero-order valence-electron chi connectivity index (χ0n) is 10.9. The summed E-state index contributed by atoms with van der Waals surface area (Å²) >= 11 is 3.19. The van der Waals surface area contributed by atoms with E-state index in [0.717, 1.165) is 16.5 Å². The molecule has 1 fully saturated rings. The van der Waals surface area contributed by atoms with E-state index in [1.54, 1.807) is 28.0 Å². The number of hydrogen-bond donors (Lipinski definition) is 1. The summed E-state index contributed by atoms with van der Waals surface area (Å²) in [6, 6.07) is -0.191. The topological polar surface area (TPSA) is 62.7 Å². The molecule has 106 valence electrons. The third-order valence-corrected chi connectivity index (χ3v) is 4.67. The van der Waals surface area contributed by atoms with Crippen LogP contribution in [0.15, 0.2) is 5.38 Å². The number of rotatable bonds is 5. The molecule has 5 nitrogen and oxygen atoms in total. The normalized spacial score (nSPS) is 19.7. The van der Waals surface area contributed by atoms with Crippen molar-refractivity contribution in [1.29, 1.82) is 0 Å². The molecule has 2 heterocycles. The minimum absolute atomic E-state index is 0.0400. The van der Waals surface area contributed by atoms with Crippen LogP contribution in [0, 0.1) is 6.92 Å². The SMILES string of the molecule is Cc1nc(CSCC(=O)N2CCOCC2CO)cs1. The molecule has 1 aliphatic rings. The van der Waals surface area contributed by atoms with Crippen LogP contribution >= 0.6 is 23.1 Å². The number of aryl methyl sites for hydroxylation is 1. The molecular weight excluding hydrogens is 284 g/mol. The van der Waals surface area contributed by atoms with Crippen LogP contribution < -0.4 is 0 Å². The van der Waals surface area contributed by atoms with Crippen LogP contribution in [0.3, 0.4) is 0 Å². The van der Waals surface area contributed by atoms with E-state index >= 15 is 0 Å². The highest BCUT2D eigenvalue weighted by Crippen LogP contribution is 2.16. The molecule has 1 N–H and O–H groups in total. The Labute approximate surface area is 121 Å². The van der Waals surface area contributed by atoms with E-state index in [1.807, 2.05) is 12.3 Å². The average Bonchev–Trinajstić information content (AvgIpc) is 2.84. The molecule has 19 heavy (non-hydrogen) atoms. The maximum atomic E-state index is 12.1. The van der Waals surface area contributed by atoms with Gasteiger partial charge >= 0.3 is 0 Å². The highest BCUT2D eigenvalue weighted by molar-refractivity contribution is 7.99. The lowest BCUT2D eigenvalue weighted by Crippen LogP contribution is -2.51.